The maximum Gasteiger partial charge on any atom is 0.435 e. The predicted octanol–water partition coefficient (Wildman–Crippen LogP) is 6.22. The molecule has 1 aliphatic carbocycles. The number of amides is 1. The van der Waals surface area contributed by atoms with E-state index in [4.69, 9.17) is 0 Å². The summed E-state index contributed by atoms with van der Waals surface area (Å²) in [5.74, 6) is -1.28. The molecule has 1 N–H and O–H groups in total. The molecule has 0 radical (unpaired) electrons. The van der Waals surface area contributed by atoms with Crippen molar-refractivity contribution >= 4 is 11.7 Å². The van der Waals surface area contributed by atoms with Gasteiger partial charge in [-0.3, -0.25) is 14.5 Å². The second kappa shape index (κ2) is 12.3. The highest BCUT2D eigenvalue weighted by Gasteiger charge is 2.39. The number of nitrogens with zero attached hydrogens (tertiary/aromatic N) is 5. The number of carbonyl (C=O) groups excluding carboxylic acids is 1. The third-order valence-electron chi connectivity index (χ3n) is 8.17. The van der Waals surface area contributed by atoms with Gasteiger partial charge in [0.25, 0.3) is 0 Å². The van der Waals surface area contributed by atoms with Crippen molar-refractivity contribution in [2.75, 3.05) is 18.0 Å². The molecule has 1 aliphatic heterocycles. The number of hydrogen-bond donors (Lipinski definition) is 1. The molecule has 0 bridgehead atoms. The van der Waals surface area contributed by atoms with E-state index in [0.29, 0.717) is 36.2 Å². The standard InChI is InChI=1S/C32H31F5N6O/c33-22-14-20(15-23(34)17-22)16-26(40-29(44)19-43-27-8-2-1-6-25(27)31(41-43)32(35,36)37)30-24(7-5-11-38-30)21-9-10-28(39-18-21)42-12-3-4-13-42/h5,7,9-11,14-15,17-18,26H,1-4,6,8,12-13,16,19H2,(H,40,44). The van der Waals surface area contributed by atoms with Crippen LogP contribution < -0.4 is 10.2 Å². The van der Waals surface area contributed by atoms with Crippen LogP contribution in [-0.4, -0.2) is 38.7 Å². The Morgan fingerprint density at radius 1 is 0.955 bits per heavy atom. The fourth-order valence-electron chi connectivity index (χ4n) is 6.20. The number of halogens is 5. The van der Waals surface area contributed by atoms with Crippen LogP contribution in [0.4, 0.5) is 27.8 Å². The first kappa shape index (κ1) is 29.7. The smallest absolute Gasteiger partial charge is 0.357 e. The second-order valence-corrected chi connectivity index (χ2v) is 11.3. The van der Waals surface area contributed by atoms with Gasteiger partial charge in [-0.05, 0) is 80.8 Å². The summed E-state index contributed by atoms with van der Waals surface area (Å²) in [4.78, 5) is 24.8. The van der Waals surface area contributed by atoms with Crippen molar-refractivity contribution in [3.63, 3.8) is 0 Å². The van der Waals surface area contributed by atoms with Gasteiger partial charge in [-0.15, -0.1) is 0 Å². The molecule has 7 nitrogen and oxygen atoms in total. The summed E-state index contributed by atoms with van der Waals surface area (Å²) in [6.45, 7) is 1.43. The minimum atomic E-state index is -4.63. The van der Waals surface area contributed by atoms with E-state index in [9.17, 15) is 26.7 Å². The van der Waals surface area contributed by atoms with E-state index in [1.807, 2.05) is 18.2 Å². The van der Waals surface area contributed by atoms with E-state index >= 15 is 0 Å². The third-order valence-corrected chi connectivity index (χ3v) is 8.17. The minimum absolute atomic E-state index is 0.0191. The van der Waals surface area contributed by atoms with Gasteiger partial charge in [0.05, 0.1) is 11.7 Å². The SMILES string of the molecule is O=C(Cn1nc(C(F)(F)F)c2c1CCCC2)NC(Cc1cc(F)cc(F)c1)c1ncccc1-c1ccc(N2CCCC2)nc1. The molecule has 0 spiro atoms. The molecule has 1 unspecified atom stereocenters. The average molecular weight is 611 g/mol. The van der Waals surface area contributed by atoms with Gasteiger partial charge in [-0.1, -0.05) is 6.07 Å². The van der Waals surface area contributed by atoms with Crippen molar-refractivity contribution in [2.45, 2.75) is 63.7 Å². The molecule has 4 aromatic rings. The van der Waals surface area contributed by atoms with Crippen molar-refractivity contribution < 1.29 is 26.7 Å². The van der Waals surface area contributed by atoms with E-state index in [-0.39, 0.29) is 24.0 Å². The number of benzene rings is 1. The van der Waals surface area contributed by atoms with Crippen molar-refractivity contribution in [2.24, 2.45) is 0 Å². The number of anilines is 1. The van der Waals surface area contributed by atoms with Gasteiger partial charge in [0.15, 0.2) is 5.69 Å². The third kappa shape index (κ3) is 6.44. The van der Waals surface area contributed by atoms with Gasteiger partial charge in [-0.2, -0.15) is 18.3 Å². The fraction of sp³-hybridized carbons (Fsp3) is 0.375. The summed E-state index contributed by atoms with van der Waals surface area (Å²) >= 11 is 0. The van der Waals surface area contributed by atoms with Crippen molar-refractivity contribution in [3.8, 4) is 11.1 Å². The molecule has 4 heterocycles. The molecule has 12 heteroatoms. The van der Waals surface area contributed by atoms with Crippen LogP contribution in [0.25, 0.3) is 11.1 Å². The van der Waals surface area contributed by atoms with Crippen LogP contribution in [0.5, 0.6) is 0 Å². The topological polar surface area (TPSA) is 75.9 Å². The number of nitrogens with one attached hydrogen (secondary N) is 1. The summed E-state index contributed by atoms with van der Waals surface area (Å²) in [6.07, 6.45) is 2.81. The van der Waals surface area contributed by atoms with Crippen molar-refractivity contribution in [3.05, 3.63) is 94.7 Å². The van der Waals surface area contributed by atoms with Crippen LogP contribution in [0.15, 0.2) is 54.9 Å². The van der Waals surface area contributed by atoms with Crippen LogP contribution in [-0.2, 0) is 36.8 Å². The van der Waals surface area contributed by atoms with E-state index in [0.717, 1.165) is 48.1 Å². The van der Waals surface area contributed by atoms with Crippen LogP contribution in [0, 0.1) is 11.6 Å². The summed E-state index contributed by atoms with van der Waals surface area (Å²) in [6, 6.07) is 9.64. The molecule has 44 heavy (non-hydrogen) atoms. The Morgan fingerprint density at radius 3 is 2.41 bits per heavy atom. The first-order valence-corrected chi connectivity index (χ1v) is 14.7. The highest BCUT2D eigenvalue weighted by molar-refractivity contribution is 5.77. The Labute approximate surface area is 251 Å². The first-order valence-electron chi connectivity index (χ1n) is 14.7. The van der Waals surface area contributed by atoms with E-state index < -0.39 is 42.0 Å². The summed E-state index contributed by atoms with van der Waals surface area (Å²) in [7, 11) is 0. The first-order chi connectivity index (χ1) is 21.2. The molecular formula is C32H31F5N6O. The molecule has 1 aromatic carbocycles. The number of carbonyl (C=O) groups is 1. The highest BCUT2D eigenvalue weighted by Crippen LogP contribution is 2.36. The minimum Gasteiger partial charge on any atom is -0.357 e. The van der Waals surface area contributed by atoms with E-state index in [1.54, 1.807) is 18.5 Å². The van der Waals surface area contributed by atoms with Gasteiger partial charge < -0.3 is 10.2 Å². The summed E-state index contributed by atoms with van der Waals surface area (Å²) in [5, 5.41) is 6.67. The Morgan fingerprint density at radius 2 is 1.70 bits per heavy atom. The molecule has 0 saturated carbocycles. The lowest BCUT2D eigenvalue weighted by atomic mass is 9.95. The molecule has 1 amide bonds. The summed E-state index contributed by atoms with van der Waals surface area (Å²) in [5.41, 5.74) is 1.69. The lowest BCUT2D eigenvalue weighted by Gasteiger charge is -2.22. The zero-order chi connectivity index (χ0) is 30.8. The van der Waals surface area contributed by atoms with Gasteiger partial charge >= 0.3 is 6.18 Å². The zero-order valence-corrected chi connectivity index (χ0v) is 23.9. The lowest BCUT2D eigenvalue weighted by molar-refractivity contribution is -0.142. The lowest BCUT2D eigenvalue weighted by Crippen LogP contribution is -2.34. The monoisotopic (exact) mass is 610 g/mol. The van der Waals surface area contributed by atoms with Gasteiger partial charge in [0, 0.05) is 53.9 Å². The van der Waals surface area contributed by atoms with Gasteiger partial charge in [-0.25, -0.2) is 13.8 Å². The second-order valence-electron chi connectivity index (χ2n) is 11.3. The van der Waals surface area contributed by atoms with Crippen LogP contribution in [0.2, 0.25) is 0 Å². The molecule has 2 aliphatic rings. The number of rotatable bonds is 8. The number of alkyl halides is 3. The predicted molar refractivity (Wildman–Crippen MR) is 154 cm³/mol. The maximum absolute atomic E-state index is 14.1. The van der Waals surface area contributed by atoms with Crippen LogP contribution in [0.3, 0.4) is 0 Å². The fourth-order valence-corrected chi connectivity index (χ4v) is 6.20. The quantitative estimate of drug-likeness (QED) is 0.240. The summed E-state index contributed by atoms with van der Waals surface area (Å²) < 4.78 is 70.6. The molecule has 1 fully saturated rings. The number of fused-ring (bicyclic) bond motifs is 1. The number of pyridine rings is 2. The molecule has 3 aromatic heterocycles. The van der Waals surface area contributed by atoms with Gasteiger partial charge in [0.2, 0.25) is 5.91 Å². The molecular weight excluding hydrogens is 579 g/mol. The molecule has 230 valence electrons. The Bertz CT molecular complexity index is 1630. The molecule has 1 atom stereocenters. The van der Waals surface area contributed by atoms with Crippen LogP contribution in [0.1, 0.15) is 59.9 Å². The number of hydrogen-bond acceptors (Lipinski definition) is 5. The normalized spacial score (nSPS) is 15.7. The zero-order valence-electron chi connectivity index (χ0n) is 23.9. The Hall–Kier alpha value is -4.35. The Balaban J connectivity index is 1.32. The van der Waals surface area contributed by atoms with E-state index in [2.05, 4.69) is 25.3 Å². The van der Waals surface area contributed by atoms with E-state index in [1.165, 1.54) is 12.1 Å². The largest absolute Gasteiger partial charge is 0.435 e. The maximum atomic E-state index is 14.1. The van der Waals surface area contributed by atoms with Crippen molar-refractivity contribution in [1.29, 1.82) is 0 Å². The Kier molecular flexibility index (Phi) is 8.33. The number of aromatic nitrogens is 4. The average Bonchev–Trinajstić information content (AvgIpc) is 3.66. The van der Waals surface area contributed by atoms with Crippen LogP contribution >= 0.6 is 0 Å². The van der Waals surface area contributed by atoms with Gasteiger partial charge in [0.1, 0.15) is 24.0 Å². The van der Waals surface area contributed by atoms with Crippen molar-refractivity contribution in [1.82, 2.24) is 25.1 Å². The molecule has 6 rings (SSSR count). The molecule has 1 saturated heterocycles. The highest BCUT2D eigenvalue weighted by atomic mass is 19.4.